The maximum Gasteiger partial charge on any atom is 0.0487 e. The van der Waals surface area contributed by atoms with Gasteiger partial charge in [0.1, 0.15) is 0 Å². The molecule has 0 aromatic heterocycles. The molecule has 0 atom stereocenters. The van der Waals surface area contributed by atoms with Gasteiger partial charge in [0.2, 0.25) is 0 Å². The summed E-state index contributed by atoms with van der Waals surface area (Å²) < 4.78 is 0. The van der Waals surface area contributed by atoms with Crippen molar-refractivity contribution in [2.45, 2.75) is 6.54 Å². The van der Waals surface area contributed by atoms with E-state index < -0.39 is 0 Å². The number of hydrogen-bond acceptors (Lipinski definition) is 1. The number of benzene rings is 3. The van der Waals surface area contributed by atoms with Crippen LogP contribution in [-0.2, 0) is 6.54 Å². The highest BCUT2D eigenvalue weighted by molar-refractivity contribution is 5.63. The minimum Gasteiger partial charge on any atom is -0.337 e. The predicted octanol–water partition coefficient (Wildman–Crippen LogP) is 4.83. The van der Waals surface area contributed by atoms with Crippen molar-refractivity contribution in [2.75, 3.05) is 4.90 Å². The molecule has 1 heteroatoms. The van der Waals surface area contributed by atoms with Gasteiger partial charge in [0.15, 0.2) is 0 Å². The van der Waals surface area contributed by atoms with Crippen LogP contribution >= 0.6 is 0 Å². The minimum atomic E-state index is 0.814. The lowest BCUT2D eigenvalue weighted by Crippen LogP contribution is -2.16. The Labute approximate surface area is 120 Å². The van der Waals surface area contributed by atoms with Gasteiger partial charge in [-0.2, -0.15) is 0 Å². The first kappa shape index (κ1) is 12.5. The Morgan fingerprint density at radius 2 is 1.20 bits per heavy atom. The zero-order valence-corrected chi connectivity index (χ0v) is 11.2. The molecule has 0 amide bonds. The van der Waals surface area contributed by atoms with Crippen molar-refractivity contribution in [1.29, 1.82) is 0 Å². The average Bonchev–Trinajstić information content (AvgIpc) is 2.55. The van der Waals surface area contributed by atoms with Crippen LogP contribution in [0.3, 0.4) is 0 Å². The number of para-hydroxylation sites is 2. The summed E-state index contributed by atoms with van der Waals surface area (Å²) in [5.74, 6) is 0. The van der Waals surface area contributed by atoms with E-state index in [2.05, 4.69) is 71.6 Å². The summed E-state index contributed by atoms with van der Waals surface area (Å²) in [5.41, 5.74) is 3.56. The molecule has 0 aliphatic heterocycles. The van der Waals surface area contributed by atoms with E-state index in [0.29, 0.717) is 0 Å². The Kier molecular flexibility index (Phi) is 3.79. The van der Waals surface area contributed by atoms with Gasteiger partial charge in [-0.05, 0) is 35.9 Å². The first-order valence-corrected chi connectivity index (χ1v) is 6.77. The second-order valence-corrected chi connectivity index (χ2v) is 4.65. The van der Waals surface area contributed by atoms with Crippen LogP contribution in [-0.4, -0.2) is 0 Å². The van der Waals surface area contributed by atoms with Crippen molar-refractivity contribution >= 4 is 11.4 Å². The van der Waals surface area contributed by atoms with Gasteiger partial charge in [0.25, 0.3) is 0 Å². The van der Waals surface area contributed by atoms with Crippen LogP contribution in [0.25, 0.3) is 0 Å². The van der Waals surface area contributed by atoms with E-state index in [1.165, 1.54) is 16.9 Å². The first-order valence-electron chi connectivity index (χ1n) is 6.77. The Bertz CT molecular complexity index is 593. The summed E-state index contributed by atoms with van der Waals surface area (Å²) >= 11 is 0. The van der Waals surface area contributed by atoms with Crippen LogP contribution in [0.15, 0.2) is 84.9 Å². The van der Waals surface area contributed by atoms with Gasteiger partial charge in [0, 0.05) is 17.9 Å². The van der Waals surface area contributed by atoms with Crippen LogP contribution in [0.4, 0.5) is 11.4 Å². The minimum absolute atomic E-state index is 0.814. The molecule has 3 rings (SSSR count). The first-order chi connectivity index (χ1) is 9.93. The molecule has 1 radical (unpaired) electrons. The van der Waals surface area contributed by atoms with Gasteiger partial charge in [0.05, 0.1) is 0 Å². The van der Waals surface area contributed by atoms with E-state index in [0.717, 1.165) is 6.54 Å². The van der Waals surface area contributed by atoms with Crippen molar-refractivity contribution in [3.8, 4) is 0 Å². The molecule has 0 N–H and O–H groups in total. The highest BCUT2D eigenvalue weighted by Crippen LogP contribution is 2.26. The second kappa shape index (κ2) is 6.07. The maximum atomic E-state index is 3.30. The third kappa shape index (κ3) is 2.89. The SMILES string of the molecule is [c]1ccccc1CN(c1ccccc1)c1ccccc1. The van der Waals surface area contributed by atoms with Gasteiger partial charge in [-0.1, -0.05) is 60.7 Å². The molecule has 97 valence electrons. The maximum absolute atomic E-state index is 3.30. The summed E-state index contributed by atoms with van der Waals surface area (Å²) in [6.07, 6.45) is 0. The van der Waals surface area contributed by atoms with E-state index >= 15 is 0 Å². The molecule has 0 aliphatic carbocycles. The van der Waals surface area contributed by atoms with Crippen molar-refractivity contribution in [3.05, 3.63) is 96.6 Å². The molecule has 20 heavy (non-hydrogen) atoms. The molecule has 0 saturated heterocycles. The smallest absolute Gasteiger partial charge is 0.0487 e. The molecule has 3 aromatic rings. The summed E-state index contributed by atoms with van der Waals surface area (Å²) in [4.78, 5) is 2.30. The summed E-state index contributed by atoms with van der Waals surface area (Å²) in [5, 5.41) is 0. The number of anilines is 2. The van der Waals surface area contributed by atoms with E-state index in [-0.39, 0.29) is 0 Å². The lowest BCUT2D eigenvalue weighted by atomic mass is 10.1. The molecule has 0 bridgehead atoms. The number of hydrogen-bond donors (Lipinski definition) is 0. The Morgan fingerprint density at radius 1 is 0.650 bits per heavy atom. The lowest BCUT2D eigenvalue weighted by molar-refractivity contribution is 0.973. The highest BCUT2D eigenvalue weighted by atomic mass is 15.1. The summed E-state index contributed by atoms with van der Waals surface area (Å²) in [6, 6.07) is 32.3. The molecule has 0 heterocycles. The summed E-state index contributed by atoms with van der Waals surface area (Å²) in [6.45, 7) is 0.814. The van der Waals surface area contributed by atoms with Gasteiger partial charge >= 0.3 is 0 Å². The van der Waals surface area contributed by atoms with Crippen LogP contribution in [0.5, 0.6) is 0 Å². The van der Waals surface area contributed by atoms with Crippen molar-refractivity contribution in [2.24, 2.45) is 0 Å². The van der Waals surface area contributed by atoms with Crippen LogP contribution in [0.2, 0.25) is 0 Å². The molecule has 0 saturated carbocycles. The topological polar surface area (TPSA) is 3.24 Å². The molecule has 3 aromatic carbocycles. The Morgan fingerprint density at radius 3 is 1.70 bits per heavy atom. The van der Waals surface area contributed by atoms with Crippen LogP contribution in [0.1, 0.15) is 5.56 Å². The van der Waals surface area contributed by atoms with Crippen molar-refractivity contribution in [3.63, 3.8) is 0 Å². The van der Waals surface area contributed by atoms with Crippen LogP contribution < -0.4 is 4.90 Å². The Hall–Kier alpha value is -2.54. The predicted molar refractivity (Wildman–Crippen MR) is 84.0 cm³/mol. The summed E-state index contributed by atoms with van der Waals surface area (Å²) in [7, 11) is 0. The fraction of sp³-hybridized carbons (Fsp3) is 0.0526. The monoisotopic (exact) mass is 258 g/mol. The Balaban J connectivity index is 1.96. The molecular weight excluding hydrogens is 242 g/mol. The average molecular weight is 258 g/mol. The third-order valence-corrected chi connectivity index (χ3v) is 3.24. The zero-order valence-electron chi connectivity index (χ0n) is 11.2. The van der Waals surface area contributed by atoms with Gasteiger partial charge in [-0.3, -0.25) is 0 Å². The molecule has 0 spiro atoms. The second-order valence-electron chi connectivity index (χ2n) is 4.65. The number of rotatable bonds is 4. The van der Waals surface area contributed by atoms with Crippen LogP contribution in [0, 0.1) is 6.07 Å². The number of nitrogens with zero attached hydrogens (tertiary/aromatic N) is 1. The molecular formula is C19H16N. The lowest BCUT2D eigenvalue weighted by Gasteiger charge is -2.25. The van der Waals surface area contributed by atoms with Gasteiger partial charge < -0.3 is 4.90 Å². The van der Waals surface area contributed by atoms with Crippen molar-refractivity contribution in [1.82, 2.24) is 0 Å². The van der Waals surface area contributed by atoms with Gasteiger partial charge in [-0.25, -0.2) is 0 Å². The molecule has 0 fully saturated rings. The van der Waals surface area contributed by atoms with E-state index in [1.807, 2.05) is 24.3 Å². The van der Waals surface area contributed by atoms with E-state index in [1.54, 1.807) is 0 Å². The largest absolute Gasteiger partial charge is 0.337 e. The van der Waals surface area contributed by atoms with E-state index in [4.69, 9.17) is 0 Å². The standard InChI is InChI=1S/C19H16N/c1-4-10-17(11-5-1)16-20(18-12-6-2-7-13-18)19-14-8-3-9-15-19/h1-10,12-15H,16H2. The van der Waals surface area contributed by atoms with Gasteiger partial charge in [-0.15, -0.1) is 0 Å². The third-order valence-electron chi connectivity index (χ3n) is 3.24. The fourth-order valence-corrected chi connectivity index (χ4v) is 2.25. The molecule has 0 unspecified atom stereocenters. The highest BCUT2D eigenvalue weighted by Gasteiger charge is 2.09. The molecule has 0 aliphatic rings. The quantitative estimate of drug-likeness (QED) is 0.648. The zero-order chi connectivity index (χ0) is 13.6. The van der Waals surface area contributed by atoms with Crippen molar-refractivity contribution < 1.29 is 0 Å². The molecule has 1 nitrogen and oxygen atoms in total. The fourth-order valence-electron chi connectivity index (χ4n) is 2.25. The van der Waals surface area contributed by atoms with E-state index in [9.17, 15) is 0 Å². The normalized spacial score (nSPS) is 10.2.